The highest BCUT2D eigenvalue weighted by atomic mass is 79.9. The van der Waals surface area contributed by atoms with Crippen molar-refractivity contribution < 1.29 is 0 Å². The normalized spacial score (nSPS) is 19.7. The lowest BCUT2D eigenvalue weighted by atomic mass is 9.95. The Kier molecular flexibility index (Phi) is 6.05. The minimum absolute atomic E-state index is 0.394. The van der Waals surface area contributed by atoms with Gasteiger partial charge in [0.05, 0.1) is 6.04 Å². The summed E-state index contributed by atoms with van der Waals surface area (Å²) in [5, 5.41) is 0. The summed E-state index contributed by atoms with van der Waals surface area (Å²) in [4.78, 5) is 7.63. The zero-order valence-electron chi connectivity index (χ0n) is 12.7. The summed E-state index contributed by atoms with van der Waals surface area (Å²) in [6.07, 6.45) is 2.58. The zero-order valence-corrected chi connectivity index (χ0v) is 15.1. The van der Waals surface area contributed by atoms with Crippen LogP contribution in [0.4, 0.5) is 0 Å². The molecular formula is C15H26BrN3S. The number of nitrogens with two attached hydrogens (primary N) is 1. The second-order valence-electron chi connectivity index (χ2n) is 6.05. The van der Waals surface area contributed by atoms with Crippen molar-refractivity contribution in [1.82, 2.24) is 9.80 Å². The second kappa shape index (κ2) is 7.36. The number of halogens is 1. The third kappa shape index (κ3) is 4.04. The van der Waals surface area contributed by atoms with Crippen molar-refractivity contribution in [2.75, 3.05) is 40.3 Å². The Bertz CT molecular complexity index is 405. The molecule has 2 rings (SSSR count). The van der Waals surface area contributed by atoms with E-state index >= 15 is 0 Å². The molecule has 5 heteroatoms. The molecule has 0 bridgehead atoms. The number of likely N-dealkylation sites (tertiary alicyclic amines) is 1. The first kappa shape index (κ1) is 16.4. The standard InChI is InChI=1S/C15H26BrN3S/c1-11-13(16)8-15(20-11)14(9-17)19-6-4-12(5-7-19)10-18(2)3/h8,12,14H,4-7,9-10,17H2,1-3H3. The fourth-order valence-corrected chi connectivity index (χ4v) is 4.76. The first-order chi connectivity index (χ1) is 9.51. The van der Waals surface area contributed by atoms with E-state index in [0.717, 1.165) is 5.92 Å². The lowest BCUT2D eigenvalue weighted by Crippen LogP contribution is -2.41. The number of hydrogen-bond donors (Lipinski definition) is 1. The van der Waals surface area contributed by atoms with Crippen molar-refractivity contribution >= 4 is 27.3 Å². The molecular weight excluding hydrogens is 334 g/mol. The summed E-state index contributed by atoms with van der Waals surface area (Å²) >= 11 is 5.50. The van der Waals surface area contributed by atoms with Crippen LogP contribution in [0, 0.1) is 12.8 Å². The van der Waals surface area contributed by atoms with Gasteiger partial charge in [0, 0.05) is 27.3 Å². The molecule has 20 heavy (non-hydrogen) atoms. The van der Waals surface area contributed by atoms with Crippen LogP contribution in [0.3, 0.4) is 0 Å². The van der Waals surface area contributed by atoms with E-state index in [-0.39, 0.29) is 0 Å². The summed E-state index contributed by atoms with van der Waals surface area (Å²) in [5.41, 5.74) is 6.05. The zero-order chi connectivity index (χ0) is 14.7. The van der Waals surface area contributed by atoms with Crippen molar-refractivity contribution in [1.29, 1.82) is 0 Å². The number of rotatable bonds is 5. The summed E-state index contributed by atoms with van der Waals surface area (Å²) < 4.78 is 1.22. The molecule has 2 heterocycles. The Morgan fingerprint density at radius 1 is 1.45 bits per heavy atom. The molecule has 0 aliphatic carbocycles. The van der Waals surface area contributed by atoms with Crippen LogP contribution in [-0.2, 0) is 0 Å². The van der Waals surface area contributed by atoms with Crippen LogP contribution in [0.5, 0.6) is 0 Å². The van der Waals surface area contributed by atoms with Crippen molar-refractivity contribution in [3.8, 4) is 0 Å². The molecule has 0 saturated carbocycles. The van der Waals surface area contributed by atoms with Crippen LogP contribution < -0.4 is 5.73 Å². The summed E-state index contributed by atoms with van der Waals surface area (Å²) in [6.45, 7) is 6.44. The molecule has 1 atom stereocenters. The van der Waals surface area contributed by atoms with Crippen molar-refractivity contribution in [2.45, 2.75) is 25.8 Å². The summed E-state index contributed by atoms with van der Waals surface area (Å²) in [7, 11) is 4.34. The van der Waals surface area contributed by atoms with Gasteiger partial charge >= 0.3 is 0 Å². The van der Waals surface area contributed by atoms with Gasteiger partial charge in [0.2, 0.25) is 0 Å². The minimum Gasteiger partial charge on any atom is -0.329 e. The van der Waals surface area contributed by atoms with E-state index in [2.05, 4.69) is 52.8 Å². The average Bonchev–Trinajstić information content (AvgIpc) is 2.72. The quantitative estimate of drug-likeness (QED) is 0.876. The Morgan fingerprint density at radius 2 is 2.10 bits per heavy atom. The van der Waals surface area contributed by atoms with E-state index in [1.165, 1.54) is 46.7 Å². The van der Waals surface area contributed by atoms with Gasteiger partial charge in [-0.25, -0.2) is 0 Å². The Hall–Kier alpha value is 0.0600. The Labute approximate surface area is 135 Å². The highest BCUT2D eigenvalue weighted by Crippen LogP contribution is 2.34. The number of aryl methyl sites for hydroxylation is 1. The van der Waals surface area contributed by atoms with Gasteiger partial charge in [-0.05, 0) is 74.9 Å². The molecule has 1 unspecified atom stereocenters. The molecule has 1 saturated heterocycles. The molecule has 1 aromatic heterocycles. The third-order valence-electron chi connectivity index (χ3n) is 4.14. The van der Waals surface area contributed by atoms with Crippen LogP contribution >= 0.6 is 27.3 Å². The molecule has 3 nitrogen and oxygen atoms in total. The van der Waals surface area contributed by atoms with Crippen LogP contribution in [0.15, 0.2) is 10.5 Å². The average molecular weight is 360 g/mol. The first-order valence-electron chi connectivity index (χ1n) is 7.36. The van der Waals surface area contributed by atoms with E-state index in [9.17, 15) is 0 Å². The fourth-order valence-electron chi connectivity index (χ4n) is 3.05. The third-order valence-corrected chi connectivity index (χ3v) is 6.38. The molecule has 1 fully saturated rings. The second-order valence-corrected chi connectivity index (χ2v) is 8.19. The maximum atomic E-state index is 6.05. The Morgan fingerprint density at radius 3 is 2.55 bits per heavy atom. The van der Waals surface area contributed by atoms with Gasteiger partial charge in [-0.3, -0.25) is 4.90 Å². The van der Waals surface area contributed by atoms with Gasteiger partial charge in [0.15, 0.2) is 0 Å². The number of nitrogens with zero attached hydrogens (tertiary/aromatic N) is 2. The fraction of sp³-hybridized carbons (Fsp3) is 0.733. The smallest absolute Gasteiger partial charge is 0.0564 e. The van der Waals surface area contributed by atoms with Crippen molar-refractivity contribution in [3.63, 3.8) is 0 Å². The highest BCUT2D eigenvalue weighted by Gasteiger charge is 2.26. The molecule has 0 radical (unpaired) electrons. The van der Waals surface area contributed by atoms with Crippen LogP contribution in [-0.4, -0.2) is 50.1 Å². The Balaban J connectivity index is 1.96. The maximum absolute atomic E-state index is 6.05. The molecule has 1 aromatic rings. The van der Waals surface area contributed by atoms with Gasteiger partial charge in [0.25, 0.3) is 0 Å². The molecule has 0 aromatic carbocycles. The SMILES string of the molecule is Cc1sc(C(CN)N2CCC(CN(C)C)CC2)cc1Br. The lowest BCUT2D eigenvalue weighted by molar-refractivity contribution is 0.124. The van der Waals surface area contributed by atoms with Gasteiger partial charge < -0.3 is 10.6 Å². The molecule has 2 N–H and O–H groups in total. The van der Waals surface area contributed by atoms with Crippen molar-refractivity contribution in [2.24, 2.45) is 11.7 Å². The number of thiophene rings is 1. The van der Waals surface area contributed by atoms with Crippen LogP contribution in [0.1, 0.15) is 28.6 Å². The van der Waals surface area contributed by atoms with E-state index in [4.69, 9.17) is 5.73 Å². The predicted octanol–water partition coefficient (Wildman–Crippen LogP) is 3.09. The van der Waals surface area contributed by atoms with Crippen molar-refractivity contribution in [3.05, 3.63) is 20.3 Å². The van der Waals surface area contributed by atoms with Gasteiger partial charge in [-0.1, -0.05) is 0 Å². The van der Waals surface area contributed by atoms with E-state index < -0.39 is 0 Å². The molecule has 1 aliphatic heterocycles. The molecule has 114 valence electrons. The topological polar surface area (TPSA) is 32.5 Å². The molecule has 1 aliphatic rings. The van der Waals surface area contributed by atoms with E-state index in [0.29, 0.717) is 12.6 Å². The number of piperidine rings is 1. The van der Waals surface area contributed by atoms with Gasteiger partial charge in [-0.15, -0.1) is 11.3 Å². The predicted molar refractivity (Wildman–Crippen MR) is 91.4 cm³/mol. The summed E-state index contributed by atoms with van der Waals surface area (Å²) in [5.74, 6) is 0.844. The highest BCUT2D eigenvalue weighted by molar-refractivity contribution is 9.10. The summed E-state index contributed by atoms with van der Waals surface area (Å²) in [6, 6.07) is 2.65. The van der Waals surface area contributed by atoms with Crippen LogP contribution in [0.25, 0.3) is 0 Å². The first-order valence-corrected chi connectivity index (χ1v) is 8.97. The monoisotopic (exact) mass is 359 g/mol. The minimum atomic E-state index is 0.394. The van der Waals surface area contributed by atoms with Crippen LogP contribution in [0.2, 0.25) is 0 Å². The van der Waals surface area contributed by atoms with Gasteiger partial charge in [0.1, 0.15) is 0 Å². The van der Waals surface area contributed by atoms with E-state index in [1.54, 1.807) is 0 Å². The molecule has 0 spiro atoms. The number of hydrogen-bond acceptors (Lipinski definition) is 4. The maximum Gasteiger partial charge on any atom is 0.0564 e. The lowest BCUT2D eigenvalue weighted by Gasteiger charge is -2.37. The van der Waals surface area contributed by atoms with Gasteiger partial charge in [-0.2, -0.15) is 0 Å². The molecule has 0 amide bonds. The largest absolute Gasteiger partial charge is 0.329 e. The van der Waals surface area contributed by atoms with E-state index in [1.807, 2.05) is 11.3 Å².